The summed E-state index contributed by atoms with van der Waals surface area (Å²) in [5, 5.41) is 7.47. The zero-order valence-corrected chi connectivity index (χ0v) is 8.21. The van der Waals surface area contributed by atoms with Crippen LogP contribution in [-0.2, 0) is 0 Å². The Morgan fingerprint density at radius 2 is 1.80 bits per heavy atom. The summed E-state index contributed by atoms with van der Waals surface area (Å²) in [6, 6.07) is 7.67. The Morgan fingerprint density at radius 3 is 2.40 bits per heavy atom. The average molecular weight is 204 g/mol. The molecule has 0 saturated heterocycles. The van der Waals surface area contributed by atoms with Crippen molar-refractivity contribution >= 4 is 0 Å². The highest BCUT2D eigenvalue weighted by Crippen LogP contribution is 2.14. The third-order valence-corrected chi connectivity index (χ3v) is 1.94. The molecule has 0 aliphatic heterocycles. The van der Waals surface area contributed by atoms with E-state index in [-0.39, 0.29) is 0 Å². The molecule has 0 fully saturated rings. The first-order valence-corrected chi connectivity index (χ1v) is 4.68. The van der Waals surface area contributed by atoms with Gasteiger partial charge in [0.25, 0.3) is 0 Å². The molecule has 1 aromatic heterocycles. The summed E-state index contributed by atoms with van der Waals surface area (Å²) in [4.78, 5) is 0. The minimum Gasteiger partial charge on any atom is -0.492 e. The molecule has 2 N–H and O–H groups in total. The zero-order chi connectivity index (χ0) is 10.5. The lowest BCUT2D eigenvalue weighted by molar-refractivity contribution is 0.328. The molecule has 0 bridgehead atoms. The average Bonchev–Trinajstić information content (AvgIpc) is 2.80. The minimum atomic E-state index is 0.521. The Balaban J connectivity index is 2.11. The van der Waals surface area contributed by atoms with Gasteiger partial charge in [-0.2, -0.15) is 0 Å². The van der Waals surface area contributed by atoms with Gasteiger partial charge in [0.15, 0.2) is 0 Å². The molecular formula is C10H12N4O. The van der Waals surface area contributed by atoms with Crippen molar-refractivity contribution in [2.75, 3.05) is 13.2 Å². The predicted octanol–water partition coefficient (Wildman–Crippen LogP) is 0.605. The van der Waals surface area contributed by atoms with E-state index < -0.39 is 0 Å². The molecule has 78 valence electrons. The lowest BCUT2D eigenvalue weighted by Crippen LogP contribution is -2.10. The predicted molar refractivity (Wildman–Crippen MR) is 55.9 cm³/mol. The normalized spacial score (nSPS) is 10.2. The van der Waals surface area contributed by atoms with Crippen LogP contribution < -0.4 is 10.5 Å². The van der Waals surface area contributed by atoms with Crippen LogP contribution in [0, 0.1) is 0 Å². The summed E-state index contributed by atoms with van der Waals surface area (Å²) >= 11 is 0. The summed E-state index contributed by atoms with van der Waals surface area (Å²) < 4.78 is 7.19. The summed E-state index contributed by atoms with van der Waals surface area (Å²) in [6.45, 7) is 1.05. The maximum atomic E-state index is 5.36. The van der Waals surface area contributed by atoms with Crippen LogP contribution in [0.15, 0.2) is 36.9 Å². The van der Waals surface area contributed by atoms with Crippen LogP contribution in [0.2, 0.25) is 0 Å². The largest absolute Gasteiger partial charge is 0.492 e. The van der Waals surface area contributed by atoms with E-state index >= 15 is 0 Å². The number of ether oxygens (including phenoxy) is 1. The van der Waals surface area contributed by atoms with Crippen molar-refractivity contribution in [2.45, 2.75) is 0 Å². The van der Waals surface area contributed by atoms with Crippen molar-refractivity contribution < 1.29 is 4.74 Å². The Bertz CT molecular complexity index is 396. The van der Waals surface area contributed by atoms with Crippen molar-refractivity contribution in [3.05, 3.63) is 36.9 Å². The summed E-state index contributed by atoms with van der Waals surface area (Å²) in [7, 11) is 0. The van der Waals surface area contributed by atoms with Crippen LogP contribution in [-0.4, -0.2) is 27.9 Å². The summed E-state index contributed by atoms with van der Waals surface area (Å²) in [5.74, 6) is 0.817. The summed E-state index contributed by atoms with van der Waals surface area (Å²) in [6.07, 6.45) is 3.30. The van der Waals surface area contributed by atoms with Gasteiger partial charge in [-0.05, 0) is 24.3 Å². The minimum absolute atomic E-state index is 0.521. The molecule has 1 aromatic carbocycles. The molecule has 0 unspecified atom stereocenters. The van der Waals surface area contributed by atoms with E-state index in [1.54, 1.807) is 12.7 Å². The van der Waals surface area contributed by atoms with Gasteiger partial charge < -0.3 is 10.5 Å². The molecule has 0 saturated carbocycles. The highest BCUT2D eigenvalue weighted by atomic mass is 16.5. The summed E-state index contributed by atoms with van der Waals surface area (Å²) in [5.41, 5.74) is 6.34. The Morgan fingerprint density at radius 1 is 1.13 bits per heavy atom. The Hall–Kier alpha value is -1.88. The molecule has 0 aliphatic carbocycles. The van der Waals surface area contributed by atoms with Crippen LogP contribution in [0.3, 0.4) is 0 Å². The van der Waals surface area contributed by atoms with Crippen molar-refractivity contribution in [1.29, 1.82) is 0 Å². The first-order chi connectivity index (χ1) is 7.40. The molecule has 0 atom stereocenters. The number of hydrogen-bond acceptors (Lipinski definition) is 4. The van der Waals surface area contributed by atoms with E-state index in [2.05, 4.69) is 10.2 Å². The highest BCUT2D eigenvalue weighted by Gasteiger charge is 1.96. The van der Waals surface area contributed by atoms with Crippen molar-refractivity contribution in [1.82, 2.24) is 14.8 Å². The van der Waals surface area contributed by atoms with Gasteiger partial charge in [0, 0.05) is 12.2 Å². The maximum Gasteiger partial charge on any atom is 0.123 e. The second-order valence-corrected chi connectivity index (χ2v) is 3.00. The topological polar surface area (TPSA) is 66.0 Å². The molecule has 5 heteroatoms. The molecule has 2 aromatic rings. The third kappa shape index (κ3) is 2.32. The van der Waals surface area contributed by atoms with Gasteiger partial charge in [-0.1, -0.05) is 0 Å². The molecule has 15 heavy (non-hydrogen) atoms. The van der Waals surface area contributed by atoms with E-state index in [9.17, 15) is 0 Å². The smallest absolute Gasteiger partial charge is 0.123 e. The zero-order valence-electron chi connectivity index (χ0n) is 8.21. The number of nitrogens with zero attached hydrogens (tertiary/aromatic N) is 3. The third-order valence-electron chi connectivity index (χ3n) is 1.94. The number of aromatic nitrogens is 3. The van der Waals surface area contributed by atoms with Crippen molar-refractivity contribution in [3.63, 3.8) is 0 Å². The first kappa shape index (κ1) is 9.67. The Kier molecular flexibility index (Phi) is 2.94. The van der Waals surface area contributed by atoms with Crippen molar-refractivity contribution in [2.24, 2.45) is 5.73 Å². The van der Waals surface area contributed by atoms with Crippen LogP contribution >= 0.6 is 0 Å². The molecule has 2 rings (SSSR count). The van der Waals surface area contributed by atoms with Gasteiger partial charge in [0.05, 0.1) is 0 Å². The molecule has 0 radical (unpaired) electrons. The monoisotopic (exact) mass is 204 g/mol. The number of nitrogens with two attached hydrogens (primary N) is 1. The molecular weight excluding hydrogens is 192 g/mol. The maximum absolute atomic E-state index is 5.36. The lowest BCUT2D eigenvalue weighted by atomic mass is 10.3. The SMILES string of the molecule is NCCOc1ccc(-n2cnnc2)cc1. The highest BCUT2D eigenvalue weighted by molar-refractivity contribution is 5.36. The fraction of sp³-hybridized carbons (Fsp3) is 0.200. The van der Waals surface area contributed by atoms with E-state index in [0.717, 1.165) is 11.4 Å². The molecule has 0 amide bonds. The molecule has 0 aliphatic rings. The van der Waals surface area contributed by atoms with Crippen molar-refractivity contribution in [3.8, 4) is 11.4 Å². The van der Waals surface area contributed by atoms with E-state index in [0.29, 0.717) is 13.2 Å². The second-order valence-electron chi connectivity index (χ2n) is 3.00. The lowest BCUT2D eigenvalue weighted by Gasteiger charge is -2.05. The first-order valence-electron chi connectivity index (χ1n) is 4.68. The Labute approximate surface area is 87.5 Å². The number of hydrogen-bond donors (Lipinski definition) is 1. The van der Waals surface area contributed by atoms with E-state index in [1.165, 1.54) is 0 Å². The molecule has 5 nitrogen and oxygen atoms in total. The van der Waals surface area contributed by atoms with Gasteiger partial charge in [-0.25, -0.2) is 0 Å². The van der Waals surface area contributed by atoms with Gasteiger partial charge in [-0.15, -0.1) is 10.2 Å². The van der Waals surface area contributed by atoms with Gasteiger partial charge in [0.1, 0.15) is 25.0 Å². The molecule has 1 heterocycles. The van der Waals surface area contributed by atoms with Gasteiger partial charge >= 0.3 is 0 Å². The van der Waals surface area contributed by atoms with E-state index in [4.69, 9.17) is 10.5 Å². The van der Waals surface area contributed by atoms with Crippen LogP contribution in [0.25, 0.3) is 5.69 Å². The quantitative estimate of drug-likeness (QED) is 0.792. The van der Waals surface area contributed by atoms with Gasteiger partial charge in [-0.3, -0.25) is 4.57 Å². The fourth-order valence-corrected chi connectivity index (χ4v) is 1.23. The van der Waals surface area contributed by atoms with Gasteiger partial charge in [0.2, 0.25) is 0 Å². The molecule has 0 spiro atoms. The van der Waals surface area contributed by atoms with Crippen LogP contribution in [0.5, 0.6) is 5.75 Å². The number of benzene rings is 1. The van der Waals surface area contributed by atoms with Crippen LogP contribution in [0.4, 0.5) is 0 Å². The fourth-order valence-electron chi connectivity index (χ4n) is 1.23. The number of rotatable bonds is 4. The van der Waals surface area contributed by atoms with E-state index in [1.807, 2.05) is 28.8 Å². The van der Waals surface area contributed by atoms with Crippen LogP contribution in [0.1, 0.15) is 0 Å². The standard InChI is InChI=1S/C10H12N4O/c11-5-6-15-10-3-1-9(2-4-10)14-7-12-13-8-14/h1-4,7-8H,5-6,11H2. The second kappa shape index (κ2) is 4.56.